The number of nitrogens with two attached hydrogens (primary N) is 1. The maximum absolute atomic E-state index is 11.5. The second-order valence-corrected chi connectivity index (χ2v) is 5.15. The smallest absolute Gasteiger partial charge is 0.335 e. The second-order valence-electron chi connectivity index (χ2n) is 4.05. The van der Waals surface area contributed by atoms with Gasteiger partial charge in [0.2, 0.25) is 11.8 Å². The summed E-state index contributed by atoms with van der Waals surface area (Å²) in [6.07, 6.45) is 0.311. The van der Waals surface area contributed by atoms with Crippen molar-refractivity contribution in [1.82, 2.24) is 5.32 Å². The molecule has 1 rings (SSSR count). The Morgan fingerprint density at radius 2 is 1.85 bits per heavy atom. The molecule has 2 amide bonds. The molecule has 0 unspecified atom stereocenters. The van der Waals surface area contributed by atoms with Gasteiger partial charge < -0.3 is 16.2 Å². The molecule has 1 aromatic rings. The van der Waals surface area contributed by atoms with Crippen LogP contribution in [-0.4, -0.2) is 34.4 Å². The summed E-state index contributed by atoms with van der Waals surface area (Å²) in [4.78, 5) is 32.7. The van der Waals surface area contributed by atoms with Crippen molar-refractivity contribution >= 4 is 29.5 Å². The van der Waals surface area contributed by atoms with Gasteiger partial charge in [0.05, 0.1) is 11.3 Å². The molecule has 108 valence electrons. The van der Waals surface area contributed by atoms with Gasteiger partial charge in [-0.2, -0.15) is 11.8 Å². The molecule has 0 bridgehead atoms. The van der Waals surface area contributed by atoms with E-state index < -0.39 is 11.9 Å². The number of carboxylic acids is 1. The van der Waals surface area contributed by atoms with Crippen LogP contribution >= 0.6 is 11.8 Å². The Morgan fingerprint density at radius 3 is 2.40 bits per heavy atom. The van der Waals surface area contributed by atoms with Crippen molar-refractivity contribution in [2.24, 2.45) is 5.73 Å². The molecule has 0 aromatic heterocycles. The van der Waals surface area contributed by atoms with Gasteiger partial charge in [-0.1, -0.05) is 12.1 Å². The van der Waals surface area contributed by atoms with Crippen LogP contribution in [0, 0.1) is 0 Å². The highest BCUT2D eigenvalue weighted by Gasteiger charge is 2.04. The molecule has 0 fully saturated rings. The van der Waals surface area contributed by atoms with Crippen molar-refractivity contribution in [3.8, 4) is 0 Å². The maximum Gasteiger partial charge on any atom is 0.335 e. The van der Waals surface area contributed by atoms with Crippen LogP contribution in [0.3, 0.4) is 0 Å². The molecule has 0 aliphatic rings. The van der Waals surface area contributed by atoms with E-state index in [2.05, 4.69) is 5.32 Å². The fourth-order valence-electron chi connectivity index (χ4n) is 1.39. The predicted molar refractivity (Wildman–Crippen MR) is 76.4 cm³/mol. The molecule has 0 aliphatic heterocycles. The quantitative estimate of drug-likeness (QED) is 0.609. The third-order valence-electron chi connectivity index (χ3n) is 2.41. The molecule has 0 saturated carbocycles. The summed E-state index contributed by atoms with van der Waals surface area (Å²) in [5.74, 6) is -0.748. The zero-order valence-corrected chi connectivity index (χ0v) is 11.6. The normalized spacial score (nSPS) is 10.0. The SMILES string of the molecule is NC(=O)CSCCC(=O)NCc1ccc(C(=O)O)cc1. The molecule has 7 heteroatoms. The van der Waals surface area contributed by atoms with E-state index in [9.17, 15) is 14.4 Å². The van der Waals surface area contributed by atoms with Gasteiger partial charge in [0.1, 0.15) is 0 Å². The first-order valence-electron chi connectivity index (χ1n) is 5.94. The van der Waals surface area contributed by atoms with Gasteiger partial charge >= 0.3 is 5.97 Å². The number of carboxylic acid groups (broad SMARTS) is 1. The minimum Gasteiger partial charge on any atom is -0.478 e. The molecule has 0 spiro atoms. The standard InChI is InChI=1S/C13H16N2O4S/c14-11(16)8-20-6-5-12(17)15-7-9-1-3-10(4-2-9)13(18)19/h1-4H,5-8H2,(H2,14,16)(H,15,17)(H,18,19). The van der Waals surface area contributed by atoms with E-state index in [0.29, 0.717) is 18.7 Å². The lowest BCUT2D eigenvalue weighted by Crippen LogP contribution is -2.23. The number of carbonyl (C=O) groups excluding carboxylic acids is 2. The van der Waals surface area contributed by atoms with Crippen LogP contribution in [-0.2, 0) is 16.1 Å². The minimum atomic E-state index is -0.980. The first kappa shape index (κ1) is 16.0. The third-order valence-corrected chi connectivity index (χ3v) is 3.39. The van der Waals surface area contributed by atoms with Crippen molar-refractivity contribution in [2.45, 2.75) is 13.0 Å². The lowest BCUT2D eigenvalue weighted by atomic mass is 10.1. The topological polar surface area (TPSA) is 109 Å². The highest BCUT2D eigenvalue weighted by atomic mass is 32.2. The molecule has 0 radical (unpaired) electrons. The van der Waals surface area contributed by atoms with Crippen LogP contribution in [0.2, 0.25) is 0 Å². The van der Waals surface area contributed by atoms with Gasteiger partial charge in [-0.05, 0) is 17.7 Å². The number of carbonyl (C=O) groups is 3. The van der Waals surface area contributed by atoms with E-state index in [1.54, 1.807) is 12.1 Å². The number of primary amides is 1. The Bertz CT molecular complexity index is 488. The van der Waals surface area contributed by atoms with Crippen LogP contribution in [0.25, 0.3) is 0 Å². The zero-order valence-electron chi connectivity index (χ0n) is 10.8. The van der Waals surface area contributed by atoms with E-state index in [1.807, 2.05) is 0 Å². The van der Waals surface area contributed by atoms with Crippen LogP contribution in [0.5, 0.6) is 0 Å². The Labute approximate surface area is 120 Å². The Hall–Kier alpha value is -2.02. The Balaban J connectivity index is 2.26. The number of hydrogen-bond acceptors (Lipinski definition) is 4. The second kappa shape index (κ2) is 8.21. The molecule has 1 aromatic carbocycles. The molecule has 0 saturated heterocycles. The first-order valence-corrected chi connectivity index (χ1v) is 7.09. The molecule has 0 atom stereocenters. The van der Waals surface area contributed by atoms with Gasteiger partial charge in [-0.3, -0.25) is 9.59 Å². The summed E-state index contributed by atoms with van der Waals surface area (Å²) < 4.78 is 0. The number of thioether (sulfide) groups is 1. The third kappa shape index (κ3) is 6.24. The van der Waals surface area contributed by atoms with Crippen molar-refractivity contribution in [3.05, 3.63) is 35.4 Å². The number of amides is 2. The molecule has 6 nitrogen and oxygen atoms in total. The van der Waals surface area contributed by atoms with Crippen LogP contribution in [0.4, 0.5) is 0 Å². The summed E-state index contributed by atoms with van der Waals surface area (Å²) in [6.45, 7) is 0.346. The van der Waals surface area contributed by atoms with Crippen LogP contribution < -0.4 is 11.1 Å². The van der Waals surface area contributed by atoms with Crippen molar-refractivity contribution in [1.29, 1.82) is 0 Å². The molecular weight excluding hydrogens is 280 g/mol. The Morgan fingerprint density at radius 1 is 1.20 bits per heavy atom. The summed E-state index contributed by atoms with van der Waals surface area (Å²) in [5, 5.41) is 11.5. The van der Waals surface area contributed by atoms with Crippen LogP contribution in [0.1, 0.15) is 22.3 Å². The van der Waals surface area contributed by atoms with E-state index >= 15 is 0 Å². The fourth-order valence-corrected chi connectivity index (χ4v) is 2.07. The van der Waals surface area contributed by atoms with E-state index in [-0.39, 0.29) is 17.2 Å². The molecule has 0 aliphatic carbocycles. The van der Waals surface area contributed by atoms with Crippen LogP contribution in [0.15, 0.2) is 24.3 Å². The average molecular weight is 296 g/mol. The van der Waals surface area contributed by atoms with E-state index in [4.69, 9.17) is 10.8 Å². The van der Waals surface area contributed by atoms with Gasteiger partial charge in [0.25, 0.3) is 0 Å². The van der Waals surface area contributed by atoms with Crippen molar-refractivity contribution in [3.63, 3.8) is 0 Å². The highest BCUT2D eigenvalue weighted by molar-refractivity contribution is 7.99. The first-order chi connectivity index (χ1) is 9.49. The van der Waals surface area contributed by atoms with Crippen molar-refractivity contribution in [2.75, 3.05) is 11.5 Å². The number of benzene rings is 1. The molecule has 0 heterocycles. The average Bonchev–Trinajstić information content (AvgIpc) is 2.41. The predicted octanol–water partition coefficient (Wildman–Crippen LogP) is 0.610. The van der Waals surface area contributed by atoms with E-state index in [1.165, 1.54) is 23.9 Å². The fraction of sp³-hybridized carbons (Fsp3) is 0.308. The van der Waals surface area contributed by atoms with Gasteiger partial charge in [0.15, 0.2) is 0 Å². The molecule has 4 N–H and O–H groups in total. The molecule has 20 heavy (non-hydrogen) atoms. The zero-order chi connectivity index (χ0) is 15.0. The summed E-state index contributed by atoms with van der Waals surface area (Å²) in [7, 11) is 0. The van der Waals surface area contributed by atoms with Crippen molar-refractivity contribution < 1.29 is 19.5 Å². The monoisotopic (exact) mass is 296 g/mol. The van der Waals surface area contributed by atoms with Gasteiger partial charge in [-0.15, -0.1) is 0 Å². The summed E-state index contributed by atoms with van der Waals surface area (Å²) in [6, 6.07) is 6.30. The van der Waals surface area contributed by atoms with Gasteiger partial charge in [0, 0.05) is 18.7 Å². The number of rotatable bonds is 8. The Kier molecular flexibility index (Phi) is 6.58. The highest BCUT2D eigenvalue weighted by Crippen LogP contribution is 2.05. The summed E-state index contributed by atoms with van der Waals surface area (Å²) >= 11 is 1.32. The minimum absolute atomic E-state index is 0.121. The number of aromatic carboxylic acids is 1. The number of hydrogen-bond donors (Lipinski definition) is 3. The largest absolute Gasteiger partial charge is 0.478 e. The lowest BCUT2D eigenvalue weighted by Gasteiger charge is -2.05. The van der Waals surface area contributed by atoms with E-state index in [0.717, 1.165) is 5.56 Å². The maximum atomic E-state index is 11.5. The number of nitrogens with one attached hydrogen (secondary N) is 1. The summed E-state index contributed by atoms with van der Waals surface area (Å²) in [5.41, 5.74) is 6.01. The van der Waals surface area contributed by atoms with Gasteiger partial charge in [-0.25, -0.2) is 4.79 Å². The lowest BCUT2D eigenvalue weighted by molar-refractivity contribution is -0.121. The molecular formula is C13H16N2O4S.